The van der Waals surface area contributed by atoms with Gasteiger partial charge in [0.15, 0.2) is 0 Å². The van der Waals surface area contributed by atoms with Crippen LogP contribution in [0.15, 0.2) is 24.3 Å². The molecule has 1 saturated heterocycles. The molecule has 6 heteroatoms. The molecule has 1 heterocycles. The van der Waals surface area contributed by atoms with Crippen LogP contribution in [-0.2, 0) is 4.79 Å². The molecular weight excluding hydrogens is 333 g/mol. The first-order valence-corrected chi connectivity index (χ1v) is 9.68. The van der Waals surface area contributed by atoms with Gasteiger partial charge in [-0.3, -0.25) is 4.79 Å². The van der Waals surface area contributed by atoms with Gasteiger partial charge in [-0.1, -0.05) is 25.5 Å². The standard InChI is InChI=1S/C20H28FN3O2/c1-2-3-12-22-20(26)24-13-15(19(25)23-17-9-10-17)6-11-18(24)14-4-7-16(21)8-5-14/h4-5,7-8,15,17-18H,2-3,6,9-13H2,1H3,(H,22,26)(H,23,25). The summed E-state index contributed by atoms with van der Waals surface area (Å²) < 4.78 is 13.3. The van der Waals surface area contributed by atoms with Crippen LogP contribution in [0.1, 0.15) is 57.1 Å². The molecule has 3 amide bonds. The number of benzene rings is 1. The number of unbranched alkanes of at least 4 members (excludes halogenated alkanes) is 1. The molecule has 1 saturated carbocycles. The van der Waals surface area contributed by atoms with E-state index in [1.54, 1.807) is 17.0 Å². The third-order valence-electron chi connectivity index (χ3n) is 5.20. The minimum atomic E-state index is -0.287. The molecule has 2 aliphatic rings. The van der Waals surface area contributed by atoms with Gasteiger partial charge in [-0.2, -0.15) is 0 Å². The van der Waals surface area contributed by atoms with Gasteiger partial charge in [0.05, 0.1) is 12.0 Å². The van der Waals surface area contributed by atoms with Crippen molar-refractivity contribution >= 4 is 11.9 Å². The van der Waals surface area contributed by atoms with E-state index in [2.05, 4.69) is 17.6 Å². The number of amides is 3. The number of piperidine rings is 1. The molecule has 1 aliphatic carbocycles. The molecule has 26 heavy (non-hydrogen) atoms. The molecule has 3 rings (SSSR count). The molecular formula is C20H28FN3O2. The number of halogens is 1. The number of nitrogens with one attached hydrogen (secondary N) is 2. The average Bonchev–Trinajstić information content (AvgIpc) is 3.46. The Labute approximate surface area is 154 Å². The average molecular weight is 361 g/mol. The van der Waals surface area contributed by atoms with E-state index in [4.69, 9.17) is 0 Å². The van der Waals surface area contributed by atoms with Gasteiger partial charge >= 0.3 is 6.03 Å². The van der Waals surface area contributed by atoms with E-state index in [9.17, 15) is 14.0 Å². The third kappa shape index (κ3) is 4.74. The maximum absolute atomic E-state index is 13.3. The van der Waals surface area contributed by atoms with Gasteiger partial charge in [0, 0.05) is 19.1 Å². The normalized spacial score (nSPS) is 22.8. The summed E-state index contributed by atoms with van der Waals surface area (Å²) in [6, 6.07) is 6.37. The Morgan fingerprint density at radius 1 is 1.15 bits per heavy atom. The molecule has 5 nitrogen and oxygen atoms in total. The number of urea groups is 1. The van der Waals surface area contributed by atoms with Gasteiger partial charge in [-0.15, -0.1) is 0 Å². The zero-order chi connectivity index (χ0) is 18.5. The van der Waals surface area contributed by atoms with E-state index in [-0.39, 0.29) is 29.7 Å². The van der Waals surface area contributed by atoms with Crippen molar-refractivity contribution in [2.75, 3.05) is 13.1 Å². The van der Waals surface area contributed by atoms with Gasteiger partial charge in [0.2, 0.25) is 5.91 Å². The van der Waals surface area contributed by atoms with Gasteiger partial charge in [-0.25, -0.2) is 9.18 Å². The van der Waals surface area contributed by atoms with Crippen LogP contribution >= 0.6 is 0 Å². The minimum Gasteiger partial charge on any atom is -0.353 e. The summed E-state index contributed by atoms with van der Waals surface area (Å²) >= 11 is 0. The monoisotopic (exact) mass is 361 g/mol. The molecule has 142 valence electrons. The predicted molar refractivity (Wildman–Crippen MR) is 98.0 cm³/mol. The number of likely N-dealkylation sites (tertiary alicyclic amines) is 1. The Balaban J connectivity index is 1.71. The molecule has 0 spiro atoms. The van der Waals surface area contributed by atoms with Crippen LogP contribution in [0.4, 0.5) is 9.18 Å². The number of hydrogen-bond donors (Lipinski definition) is 2. The molecule has 0 bridgehead atoms. The maximum Gasteiger partial charge on any atom is 0.317 e. The van der Waals surface area contributed by atoms with Crippen LogP contribution in [0, 0.1) is 11.7 Å². The highest BCUT2D eigenvalue weighted by Crippen LogP contribution is 2.34. The van der Waals surface area contributed by atoms with Crippen LogP contribution in [-0.4, -0.2) is 36.0 Å². The Bertz CT molecular complexity index is 630. The highest BCUT2D eigenvalue weighted by Gasteiger charge is 2.37. The second kappa shape index (κ2) is 8.52. The lowest BCUT2D eigenvalue weighted by Crippen LogP contribution is -2.50. The number of carbonyl (C=O) groups is 2. The third-order valence-corrected chi connectivity index (χ3v) is 5.20. The fourth-order valence-corrected chi connectivity index (χ4v) is 3.46. The number of nitrogens with zero attached hydrogens (tertiary/aromatic N) is 1. The smallest absolute Gasteiger partial charge is 0.317 e. The zero-order valence-corrected chi connectivity index (χ0v) is 15.3. The van der Waals surface area contributed by atoms with Crippen LogP contribution in [0.2, 0.25) is 0 Å². The van der Waals surface area contributed by atoms with Gasteiger partial charge in [-0.05, 0) is 49.8 Å². The number of rotatable bonds is 6. The van der Waals surface area contributed by atoms with E-state index >= 15 is 0 Å². The largest absolute Gasteiger partial charge is 0.353 e. The first kappa shape index (κ1) is 18.7. The van der Waals surface area contributed by atoms with Gasteiger partial charge in [0.25, 0.3) is 0 Å². The Morgan fingerprint density at radius 2 is 1.88 bits per heavy atom. The van der Waals surface area contributed by atoms with Gasteiger partial charge in [0.1, 0.15) is 5.82 Å². The van der Waals surface area contributed by atoms with Crippen LogP contribution in [0.5, 0.6) is 0 Å². The van der Waals surface area contributed by atoms with E-state index < -0.39 is 0 Å². The molecule has 2 atom stereocenters. The van der Waals surface area contributed by atoms with Crippen molar-refractivity contribution in [2.24, 2.45) is 5.92 Å². The zero-order valence-electron chi connectivity index (χ0n) is 15.3. The molecule has 0 aromatic heterocycles. The second-order valence-corrected chi connectivity index (χ2v) is 7.36. The molecule has 1 aliphatic heterocycles. The lowest BCUT2D eigenvalue weighted by Gasteiger charge is -2.39. The summed E-state index contributed by atoms with van der Waals surface area (Å²) in [7, 11) is 0. The van der Waals surface area contributed by atoms with Gasteiger partial charge < -0.3 is 15.5 Å². The van der Waals surface area contributed by atoms with Crippen molar-refractivity contribution in [3.8, 4) is 0 Å². The Morgan fingerprint density at radius 3 is 2.54 bits per heavy atom. The van der Waals surface area contributed by atoms with Crippen LogP contribution < -0.4 is 10.6 Å². The molecule has 0 radical (unpaired) electrons. The van der Waals surface area contributed by atoms with Crippen molar-refractivity contribution in [1.82, 2.24) is 15.5 Å². The van der Waals surface area contributed by atoms with E-state index in [0.29, 0.717) is 25.6 Å². The number of hydrogen-bond acceptors (Lipinski definition) is 2. The molecule has 2 unspecified atom stereocenters. The topological polar surface area (TPSA) is 61.4 Å². The van der Waals surface area contributed by atoms with Crippen molar-refractivity contribution in [1.29, 1.82) is 0 Å². The quantitative estimate of drug-likeness (QED) is 0.763. The lowest BCUT2D eigenvalue weighted by molar-refractivity contribution is -0.126. The summed E-state index contributed by atoms with van der Waals surface area (Å²) in [5.74, 6) is -0.411. The van der Waals surface area contributed by atoms with Crippen molar-refractivity contribution in [2.45, 2.75) is 57.5 Å². The maximum atomic E-state index is 13.3. The summed E-state index contributed by atoms with van der Waals surface area (Å²) in [6.07, 6.45) is 5.48. The molecule has 2 fully saturated rings. The summed E-state index contributed by atoms with van der Waals surface area (Å²) in [6.45, 7) is 3.10. The first-order valence-electron chi connectivity index (χ1n) is 9.68. The summed E-state index contributed by atoms with van der Waals surface area (Å²) in [5, 5.41) is 6.01. The fraction of sp³-hybridized carbons (Fsp3) is 0.600. The second-order valence-electron chi connectivity index (χ2n) is 7.36. The molecule has 1 aromatic rings. The SMILES string of the molecule is CCCCNC(=O)N1CC(C(=O)NC2CC2)CCC1c1ccc(F)cc1. The summed E-state index contributed by atoms with van der Waals surface area (Å²) in [4.78, 5) is 26.9. The molecule has 1 aromatic carbocycles. The minimum absolute atomic E-state index is 0.0522. The van der Waals surface area contributed by atoms with Crippen LogP contribution in [0.3, 0.4) is 0 Å². The first-order chi connectivity index (χ1) is 12.6. The number of carbonyl (C=O) groups excluding carboxylic acids is 2. The highest BCUT2D eigenvalue weighted by molar-refractivity contribution is 5.81. The highest BCUT2D eigenvalue weighted by atomic mass is 19.1. The lowest BCUT2D eigenvalue weighted by atomic mass is 9.88. The Hall–Kier alpha value is -2.11. The summed E-state index contributed by atoms with van der Waals surface area (Å²) in [5.41, 5.74) is 0.915. The molecule has 2 N–H and O–H groups in total. The van der Waals surface area contributed by atoms with E-state index in [1.165, 1.54) is 12.1 Å². The van der Waals surface area contributed by atoms with E-state index in [0.717, 1.165) is 37.7 Å². The van der Waals surface area contributed by atoms with Crippen molar-refractivity contribution in [3.05, 3.63) is 35.6 Å². The Kier molecular flexibility index (Phi) is 6.12. The van der Waals surface area contributed by atoms with Crippen molar-refractivity contribution in [3.63, 3.8) is 0 Å². The van der Waals surface area contributed by atoms with E-state index in [1.807, 2.05) is 0 Å². The van der Waals surface area contributed by atoms with Crippen LogP contribution in [0.25, 0.3) is 0 Å². The fourth-order valence-electron chi connectivity index (χ4n) is 3.46. The van der Waals surface area contributed by atoms with Crippen molar-refractivity contribution < 1.29 is 14.0 Å². The predicted octanol–water partition coefficient (Wildman–Crippen LogP) is 3.37.